The van der Waals surface area contributed by atoms with E-state index in [0.29, 0.717) is 6.04 Å². The molecule has 3 aromatic rings. The Morgan fingerprint density at radius 1 is 1.19 bits per heavy atom. The highest BCUT2D eigenvalue weighted by atomic mass is 32.1. The average Bonchev–Trinajstić information content (AvgIpc) is 3.26. The molecule has 2 N–H and O–H groups in total. The summed E-state index contributed by atoms with van der Waals surface area (Å²) in [5.41, 5.74) is 5.08. The topological polar surface area (TPSA) is 56.3 Å². The predicted molar refractivity (Wildman–Crippen MR) is 108 cm³/mol. The van der Waals surface area contributed by atoms with Crippen LogP contribution in [0.15, 0.2) is 29.4 Å². The number of hydrogen-bond acceptors (Lipinski definition) is 5. The molecule has 6 heteroatoms. The fourth-order valence-electron chi connectivity index (χ4n) is 4.21. The van der Waals surface area contributed by atoms with Crippen LogP contribution in [0.3, 0.4) is 0 Å². The molecule has 1 aliphatic heterocycles. The lowest BCUT2D eigenvalue weighted by molar-refractivity contribution is 0.695. The van der Waals surface area contributed by atoms with E-state index in [1.54, 1.807) is 10.4 Å². The lowest BCUT2D eigenvalue weighted by atomic mass is 9.94. The van der Waals surface area contributed by atoms with Crippen molar-refractivity contribution < 1.29 is 0 Å². The number of nitrogens with zero attached hydrogens (tertiary/aromatic N) is 3. The molecule has 1 fully saturated rings. The van der Waals surface area contributed by atoms with Gasteiger partial charge in [-0.15, -0.1) is 11.3 Å². The van der Waals surface area contributed by atoms with Crippen molar-refractivity contribution in [1.82, 2.24) is 10.2 Å². The molecule has 132 valence electrons. The summed E-state index contributed by atoms with van der Waals surface area (Å²) in [5.74, 6) is 1.05. The van der Waals surface area contributed by atoms with Crippen LogP contribution in [-0.4, -0.2) is 28.7 Å². The molecule has 0 radical (unpaired) electrons. The van der Waals surface area contributed by atoms with E-state index in [1.807, 2.05) is 17.5 Å². The highest BCUT2D eigenvalue weighted by Crippen LogP contribution is 2.45. The lowest BCUT2D eigenvalue weighted by Gasteiger charge is -2.28. The summed E-state index contributed by atoms with van der Waals surface area (Å²) in [6.45, 7) is 0.785. The van der Waals surface area contributed by atoms with Crippen LogP contribution in [0.1, 0.15) is 41.7 Å². The monoisotopic (exact) mass is 363 g/mol. The lowest BCUT2D eigenvalue weighted by Crippen LogP contribution is -2.33. The molecule has 0 atom stereocenters. The third-order valence-corrected chi connectivity index (χ3v) is 7.05. The number of hydrogen-bond donors (Lipinski definition) is 2. The van der Waals surface area contributed by atoms with Crippen LogP contribution in [0.25, 0.3) is 10.9 Å². The van der Waals surface area contributed by atoms with Crippen LogP contribution in [0.2, 0.25) is 0 Å². The number of H-pyrrole nitrogens is 1. The third-order valence-electron chi connectivity index (χ3n) is 5.72. The van der Waals surface area contributed by atoms with E-state index >= 15 is 0 Å². The fourth-order valence-corrected chi connectivity index (χ4v) is 5.67. The van der Waals surface area contributed by atoms with E-state index in [0.717, 1.165) is 29.1 Å². The van der Waals surface area contributed by atoms with Gasteiger partial charge in [-0.3, -0.25) is 5.10 Å². The van der Waals surface area contributed by atoms with E-state index in [2.05, 4.69) is 38.6 Å². The molecule has 5 nitrogen and oxygen atoms in total. The number of fused-ring (bicyclic) bond motifs is 4. The smallest absolute Gasteiger partial charge is 0.137 e. The maximum absolute atomic E-state index is 4.97. The standard InChI is InChI=1S/C20H21N5S/c1-2-4-17-15(3-1)18-19(21-11-25(14-6-7-14)20(18)26-17)23-13-5-8-16-12(9-13)10-22-24-16/h5,8-10,14H,1-4,6-7,11H2,(H,21,23)(H,22,24). The first-order valence-corrected chi connectivity index (χ1v) is 10.3. The molecule has 3 aliphatic rings. The minimum atomic E-state index is 0.710. The number of benzene rings is 1. The van der Waals surface area contributed by atoms with Gasteiger partial charge in [0.15, 0.2) is 0 Å². The van der Waals surface area contributed by atoms with Crippen molar-refractivity contribution in [2.45, 2.75) is 44.6 Å². The van der Waals surface area contributed by atoms with Gasteiger partial charge >= 0.3 is 0 Å². The number of thiophene rings is 1. The number of amidine groups is 1. The zero-order valence-corrected chi connectivity index (χ0v) is 15.4. The largest absolute Gasteiger partial charge is 0.340 e. The molecule has 1 aromatic carbocycles. The molecular weight excluding hydrogens is 342 g/mol. The second-order valence-electron chi connectivity index (χ2n) is 7.54. The normalized spacial score (nSPS) is 19.2. The zero-order valence-electron chi connectivity index (χ0n) is 14.6. The van der Waals surface area contributed by atoms with E-state index in [-0.39, 0.29) is 0 Å². The number of rotatable bonds is 2. The number of aliphatic imine (C=N–C) groups is 1. The molecule has 0 amide bonds. The van der Waals surface area contributed by atoms with Gasteiger partial charge < -0.3 is 10.2 Å². The Hall–Kier alpha value is -2.34. The van der Waals surface area contributed by atoms with Crippen molar-refractivity contribution in [2.75, 3.05) is 16.9 Å². The van der Waals surface area contributed by atoms with Gasteiger partial charge in [0.2, 0.25) is 0 Å². The summed E-state index contributed by atoms with van der Waals surface area (Å²) in [6.07, 6.45) is 9.56. The van der Waals surface area contributed by atoms with Crippen LogP contribution < -0.4 is 10.2 Å². The molecule has 0 unspecified atom stereocenters. The van der Waals surface area contributed by atoms with Gasteiger partial charge in [0.25, 0.3) is 0 Å². The van der Waals surface area contributed by atoms with Crippen molar-refractivity contribution in [3.63, 3.8) is 0 Å². The second-order valence-corrected chi connectivity index (χ2v) is 8.62. The Morgan fingerprint density at radius 2 is 2.12 bits per heavy atom. The SMILES string of the molecule is c1cc2[nH]ncc2cc1NC1=NCN(C2CC2)c2sc3c(c21)CCCC3. The van der Waals surface area contributed by atoms with Crippen molar-refractivity contribution in [3.05, 3.63) is 40.4 Å². The minimum Gasteiger partial charge on any atom is -0.340 e. The molecule has 1 saturated carbocycles. The molecule has 0 saturated heterocycles. The van der Waals surface area contributed by atoms with Crippen LogP contribution >= 0.6 is 11.3 Å². The molecule has 0 bridgehead atoms. The molecule has 6 rings (SSSR count). The van der Waals surface area contributed by atoms with Crippen molar-refractivity contribution >= 4 is 38.8 Å². The summed E-state index contributed by atoms with van der Waals surface area (Å²) < 4.78 is 0. The van der Waals surface area contributed by atoms with Gasteiger partial charge in [-0.25, -0.2) is 4.99 Å². The summed E-state index contributed by atoms with van der Waals surface area (Å²) in [7, 11) is 0. The van der Waals surface area contributed by atoms with E-state index in [4.69, 9.17) is 4.99 Å². The predicted octanol–water partition coefficient (Wildman–Crippen LogP) is 4.30. The summed E-state index contributed by atoms with van der Waals surface area (Å²) >= 11 is 2.02. The van der Waals surface area contributed by atoms with Crippen molar-refractivity contribution in [2.24, 2.45) is 4.99 Å². The number of anilines is 2. The van der Waals surface area contributed by atoms with Crippen LogP contribution in [0.4, 0.5) is 10.7 Å². The quantitative estimate of drug-likeness (QED) is 0.714. The molecule has 26 heavy (non-hydrogen) atoms. The molecule has 3 heterocycles. The van der Waals surface area contributed by atoms with Gasteiger partial charge in [-0.05, 0) is 62.3 Å². The number of aromatic nitrogens is 2. The van der Waals surface area contributed by atoms with Crippen LogP contribution in [0.5, 0.6) is 0 Å². The fraction of sp³-hybridized carbons (Fsp3) is 0.400. The molecular formula is C20H21N5S. The summed E-state index contributed by atoms with van der Waals surface area (Å²) in [5, 5.41) is 13.3. The van der Waals surface area contributed by atoms with Gasteiger partial charge in [0.1, 0.15) is 17.5 Å². The number of aryl methyl sites for hydroxylation is 1. The van der Waals surface area contributed by atoms with Crippen LogP contribution in [0, 0.1) is 0 Å². The van der Waals surface area contributed by atoms with Gasteiger partial charge in [0, 0.05) is 22.0 Å². The summed E-state index contributed by atoms with van der Waals surface area (Å²) in [6, 6.07) is 7.04. The first-order chi connectivity index (χ1) is 12.9. The Bertz CT molecular complexity index is 1030. The minimum absolute atomic E-state index is 0.710. The van der Waals surface area contributed by atoms with E-state index in [9.17, 15) is 0 Å². The van der Waals surface area contributed by atoms with Crippen molar-refractivity contribution in [1.29, 1.82) is 0 Å². The highest BCUT2D eigenvalue weighted by Gasteiger charge is 2.36. The van der Waals surface area contributed by atoms with Crippen molar-refractivity contribution in [3.8, 4) is 0 Å². The Kier molecular flexibility index (Phi) is 3.17. The van der Waals surface area contributed by atoms with E-state index in [1.165, 1.54) is 49.1 Å². The first-order valence-electron chi connectivity index (χ1n) is 9.53. The zero-order chi connectivity index (χ0) is 17.1. The highest BCUT2D eigenvalue weighted by molar-refractivity contribution is 7.16. The van der Waals surface area contributed by atoms with Gasteiger partial charge in [-0.1, -0.05) is 0 Å². The molecule has 0 spiro atoms. The third kappa shape index (κ3) is 2.28. The Morgan fingerprint density at radius 3 is 3.04 bits per heavy atom. The Balaban J connectivity index is 1.42. The molecule has 2 aliphatic carbocycles. The number of aromatic amines is 1. The second kappa shape index (κ2) is 5.58. The first kappa shape index (κ1) is 14.8. The number of nitrogens with one attached hydrogen (secondary N) is 2. The van der Waals surface area contributed by atoms with Crippen LogP contribution in [-0.2, 0) is 12.8 Å². The maximum atomic E-state index is 4.97. The Labute approximate surface area is 156 Å². The summed E-state index contributed by atoms with van der Waals surface area (Å²) in [4.78, 5) is 9.11. The maximum Gasteiger partial charge on any atom is 0.137 e. The molecule has 2 aromatic heterocycles. The average molecular weight is 363 g/mol. The van der Waals surface area contributed by atoms with E-state index < -0.39 is 0 Å². The van der Waals surface area contributed by atoms with Gasteiger partial charge in [0.05, 0.1) is 17.3 Å². The van der Waals surface area contributed by atoms with Gasteiger partial charge in [-0.2, -0.15) is 5.10 Å².